The van der Waals surface area contributed by atoms with Crippen LogP contribution in [0.5, 0.6) is 0 Å². The van der Waals surface area contributed by atoms with Gasteiger partial charge in [-0.3, -0.25) is 4.79 Å². The maximum Gasteiger partial charge on any atom is 0.157 e. The van der Waals surface area contributed by atoms with Crippen LogP contribution < -0.4 is 0 Å². The molecule has 0 saturated heterocycles. The zero-order chi connectivity index (χ0) is 14.3. The van der Waals surface area contributed by atoms with Crippen molar-refractivity contribution in [1.82, 2.24) is 0 Å². The number of unbranched alkanes of at least 4 members (excludes halogenated alkanes) is 1. The molecule has 19 heavy (non-hydrogen) atoms. The summed E-state index contributed by atoms with van der Waals surface area (Å²) in [6, 6.07) is 10.6. The molecule has 0 radical (unpaired) electrons. The lowest BCUT2D eigenvalue weighted by molar-refractivity contribution is -0.903. The van der Waals surface area contributed by atoms with E-state index in [2.05, 4.69) is 44.9 Å². The number of hydrogen-bond donors (Lipinski definition) is 0. The summed E-state index contributed by atoms with van der Waals surface area (Å²) in [4.78, 5) is 11.5. The van der Waals surface area contributed by atoms with Gasteiger partial charge in [0.1, 0.15) is 6.54 Å². The molecular weight excluding hydrogens is 234 g/mol. The van der Waals surface area contributed by atoms with Crippen LogP contribution in [0.2, 0.25) is 0 Å². The fourth-order valence-electron chi connectivity index (χ4n) is 2.20. The Balaban J connectivity index is 2.31. The van der Waals surface area contributed by atoms with Crippen LogP contribution >= 0.6 is 0 Å². The van der Waals surface area contributed by atoms with Gasteiger partial charge in [-0.1, -0.05) is 36.9 Å². The number of benzene rings is 1. The first-order chi connectivity index (χ1) is 8.91. The van der Waals surface area contributed by atoms with Crippen molar-refractivity contribution in [3.63, 3.8) is 0 Å². The molecule has 1 aromatic carbocycles. The van der Waals surface area contributed by atoms with Crippen molar-refractivity contribution in [2.24, 2.45) is 0 Å². The van der Waals surface area contributed by atoms with E-state index < -0.39 is 0 Å². The fourth-order valence-corrected chi connectivity index (χ4v) is 2.20. The van der Waals surface area contributed by atoms with Crippen LogP contribution in [-0.4, -0.2) is 30.9 Å². The molecule has 0 spiro atoms. The zero-order valence-electron chi connectivity index (χ0n) is 12.5. The third-order valence-corrected chi connectivity index (χ3v) is 3.35. The van der Waals surface area contributed by atoms with Gasteiger partial charge in [0.05, 0.1) is 20.6 Å². The van der Waals surface area contributed by atoms with Crippen molar-refractivity contribution < 1.29 is 9.28 Å². The smallest absolute Gasteiger partial charge is 0.157 e. The van der Waals surface area contributed by atoms with Gasteiger partial charge in [-0.05, 0) is 25.3 Å². The highest BCUT2D eigenvalue weighted by Crippen LogP contribution is 2.12. The highest BCUT2D eigenvalue weighted by Gasteiger charge is 2.15. The topological polar surface area (TPSA) is 17.1 Å². The molecule has 2 heteroatoms. The molecule has 0 fully saturated rings. The SMILES string of the molecule is C=C(C)C(=O)CCCC[N+](C)(C)Cc1ccccc1. The average molecular weight is 260 g/mol. The molecule has 0 aromatic heterocycles. The number of carbonyl (C=O) groups is 1. The molecule has 0 aliphatic rings. The quantitative estimate of drug-likeness (QED) is 0.397. The predicted molar refractivity (Wildman–Crippen MR) is 80.8 cm³/mol. The van der Waals surface area contributed by atoms with Crippen LogP contribution in [0.25, 0.3) is 0 Å². The minimum Gasteiger partial charge on any atom is -0.325 e. The minimum atomic E-state index is 0.202. The molecule has 0 saturated carbocycles. The average Bonchev–Trinajstić information content (AvgIpc) is 2.35. The first-order valence-corrected chi connectivity index (χ1v) is 6.95. The number of Topliss-reactive ketones (excluding diaryl/α,β-unsaturated/α-hetero) is 1. The number of nitrogens with zero attached hydrogens (tertiary/aromatic N) is 1. The Morgan fingerprint density at radius 3 is 2.37 bits per heavy atom. The largest absolute Gasteiger partial charge is 0.325 e. The minimum absolute atomic E-state index is 0.202. The lowest BCUT2D eigenvalue weighted by atomic mass is 10.1. The molecule has 104 valence electrons. The standard InChI is InChI=1S/C17H26NO/c1-15(2)17(19)12-8-9-13-18(3,4)14-16-10-6-5-7-11-16/h5-7,10-11H,1,8-9,12-14H2,2-4H3/q+1. The summed E-state index contributed by atoms with van der Waals surface area (Å²) in [6.07, 6.45) is 2.68. The van der Waals surface area contributed by atoms with E-state index in [0.29, 0.717) is 12.0 Å². The summed E-state index contributed by atoms with van der Waals surface area (Å²) in [7, 11) is 4.49. The van der Waals surface area contributed by atoms with Crippen molar-refractivity contribution in [2.75, 3.05) is 20.6 Å². The number of hydrogen-bond acceptors (Lipinski definition) is 1. The van der Waals surface area contributed by atoms with Crippen LogP contribution in [0.3, 0.4) is 0 Å². The van der Waals surface area contributed by atoms with Crippen LogP contribution in [0.15, 0.2) is 42.5 Å². The predicted octanol–water partition coefficient (Wildman–Crippen LogP) is 3.58. The summed E-state index contributed by atoms with van der Waals surface area (Å²) in [5.41, 5.74) is 2.04. The molecule has 0 bridgehead atoms. The van der Waals surface area contributed by atoms with Gasteiger partial charge < -0.3 is 4.48 Å². The van der Waals surface area contributed by atoms with Crippen LogP contribution in [0.4, 0.5) is 0 Å². The van der Waals surface area contributed by atoms with E-state index in [9.17, 15) is 4.79 Å². The molecule has 0 amide bonds. The van der Waals surface area contributed by atoms with Crippen molar-refractivity contribution >= 4 is 5.78 Å². The Morgan fingerprint density at radius 1 is 1.16 bits per heavy atom. The Hall–Kier alpha value is -1.41. The fraction of sp³-hybridized carbons (Fsp3) is 0.471. The zero-order valence-corrected chi connectivity index (χ0v) is 12.5. The summed E-state index contributed by atoms with van der Waals surface area (Å²) >= 11 is 0. The Kier molecular flexibility index (Phi) is 5.97. The van der Waals surface area contributed by atoms with E-state index in [1.54, 1.807) is 6.92 Å². The van der Waals surface area contributed by atoms with Gasteiger partial charge in [-0.15, -0.1) is 0 Å². The Bertz CT molecular complexity index is 420. The van der Waals surface area contributed by atoms with Crippen LogP contribution in [-0.2, 0) is 11.3 Å². The second-order valence-corrected chi connectivity index (χ2v) is 5.96. The van der Waals surface area contributed by atoms with E-state index in [1.165, 1.54) is 5.56 Å². The molecule has 0 aliphatic carbocycles. The summed E-state index contributed by atoms with van der Waals surface area (Å²) in [5.74, 6) is 0.202. The molecule has 0 aliphatic heterocycles. The normalized spacial score (nSPS) is 11.3. The van der Waals surface area contributed by atoms with Gasteiger partial charge in [-0.25, -0.2) is 0 Å². The lowest BCUT2D eigenvalue weighted by Gasteiger charge is -2.30. The molecule has 0 N–H and O–H groups in total. The van der Waals surface area contributed by atoms with E-state index in [1.807, 2.05) is 6.07 Å². The molecule has 1 aromatic rings. The van der Waals surface area contributed by atoms with Crippen LogP contribution in [0.1, 0.15) is 31.7 Å². The first-order valence-electron chi connectivity index (χ1n) is 6.95. The number of rotatable bonds is 8. The van der Waals surface area contributed by atoms with Crippen molar-refractivity contribution in [3.8, 4) is 0 Å². The number of ketones is 1. The number of allylic oxidation sites excluding steroid dienone is 1. The molecule has 2 nitrogen and oxygen atoms in total. The molecule has 0 unspecified atom stereocenters. The van der Waals surface area contributed by atoms with Crippen molar-refractivity contribution in [2.45, 2.75) is 32.7 Å². The highest BCUT2D eigenvalue weighted by molar-refractivity contribution is 5.93. The molecule has 1 rings (SSSR count). The number of carbonyl (C=O) groups excluding carboxylic acids is 1. The van der Waals surface area contributed by atoms with Gasteiger partial charge in [-0.2, -0.15) is 0 Å². The van der Waals surface area contributed by atoms with Gasteiger partial charge in [0.15, 0.2) is 5.78 Å². The maximum atomic E-state index is 11.5. The van der Waals surface area contributed by atoms with Gasteiger partial charge in [0, 0.05) is 12.0 Å². The van der Waals surface area contributed by atoms with Gasteiger partial charge in [0.2, 0.25) is 0 Å². The third kappa shape index (κ3) is 6.35. The number of quaternary nitrogens is 1. The van der Waals surface area contributed by atoms with E-state index in [4.69, 9.17) is 0 Å². The van der Waals surface area contributed by atoms with Crippen molar-refractivity contribution in [1.29, 1.82) is 0 Å². The lowest BCUT2D eigenvalue weighted by Crippen LogP contribution is -2.39. The summed E-state index contributed by atoms with van der Waals surface area (Å²) in [6.45, 7) is 7.61. The monoisotopic (exact) mass is 260 g/mol. The van der Waals surface area contributed by atoms with E-state index in [0.717, 1.165) is 30.4 Å². The van der Waals surface area contributed by atoms with Crippen LogP contribution in [0, 0.1) is 0 Å². The van der Waals surface area contributed by atoms with Gasteiger partial charge >= 0.3 is 0 Å². The summed E-state index contributed by atoms with van der Waals surface area (Å²) < 4.78 is 0.964. The molecule has 0 atom stereocenters. The van der Waals surface area contributed by atoms with Gasteiger partial charge in [0.25, 0.3) is 0 Å². The Morgan fingerprint density at radius 2 is 1.79 bits per heavy atom. The second kappa shape index (κ2) is 7.25. The molecular formula is C17H26NO+. The highest BCUT2D eigenvalue weighted by atomic mass is 16.1. The first kappa shape index (κ1) is 15.6. The second-order valence-electron chi connectivity index (χ2n) is 5.96. The van der Waals surface area contributed by atoms with Crippen molar-refractivity contribution in [3.05, 3.63) is 48.0 Å². The molecule has 0 heterocycles. The van der Waals surface area contributed by atoms with E-state index >= 15 is 0 Å². The third-order valence-electron chi connectivity index (χ3n) is 3.35. The summed E-state index contributed by atoms with van der Waals surface area (Å²) in [5, 5.41) is 0. The Labute approximate surface area is 117 Å². The maximum absolute atomic E-state index is 11.5. The van der Waals surface area contributed by atoms with E-state index in [-0.39, 0.29) is 5.78 Å².